The fourth-order valence-electron chi connectivity index (χ4n) is 4.14. The molecule has 2 aromatic carbocycles. The number of fused-ring (bicyclic) bond motifs is 1. The van der Waals surface area contributed by atoms with Crippen LogP contribution >= 0.6 is 0 Å². The molecule has 0 saturated heterocycles. The van der Waals surface area contributed by atoms with E-state index in [1.54, 1.807) is 6.20 Å². The third kappa shape index (κ3) is 4.14. The predicted octanol–water partition coefficient (Wildman–Crippen LogP) is 5.17. The van der Waals surface area contributed by atoms with Crippen LogP contribution in [0, 0.1) is 0 Å². The number of nitrogens with one attached hydrogen (secondary N) is 1. The molecule has 1 saturated carbocycles. The Morgan fingerprint density at radius 3 is 2.85 bits per heavy atom. The molecule has 0 spiro atoms. The zero-order chi connectivity index (χ0) is 22.8. The highest BCUT2D eigenvalue weighted by atomic mass is 16.5. The second-order valence-electron chi connectivity index (χ2n) is 8.35. The van der Waals surface area contributed by atoms with Gasteiger partial charge in [0, 0.05) is 41.5 Å². The molecule has 0 unspecified atom stereocenters. The standard InChI is InChI=1S/C26H27N5O2/c1-2-22(32)29-21-12-4-3-7-19(21)16-33-20-11-6-10-18(15-20)23-24-25(27)28-13-14-31(24)26(30-23)17-8-5-9-17/h3-4,6-7,10-15,17H,2,5,8-9,16H2,1H3,(H2,27,28)(H,29,32). The zero-order valence-corrected chi connectivity index (χ0v) is 18.6. The molecule has 0 atom stereocenters. The van der Waals surface area contributed by atoms with Gasteiger partial charge in [-0.2, -0.15) is 0 Å². The van der Waals surface area contributed by atoms with Gasteiger partial charge in [-0.3, -0.25) is 9.20 Å². The number of nitrogens with two attached hydrogens (primary N) is 1. The first-order valence-electron chi connectivity index (χ1n) is 11.4. The number of benzene rings is 2. The highest BCUT2D eigenvalue weighted by Crippen LogP contribution is 2.39. The topological polar surface area (TPSA) is 94.5 Å². The van der Waals surface area contributed by atoms with E-state index in [2.05, 4.69) is 14.7 Å². The first-order chi connectivity index (χ1) is 16.1. The molecule has 7 heteroatoms. The number of ether oxygens (including phenoxy) is 1. The summed E-state index contributed by atoms with van der Waals surface area (Å²) in [4.78, 5) is 21.1. The summed E-state index contributed by atoms with van der Waals surface area (Å²) in [6.07, 6.45) is 7.63. The number of hydrogen-bond donors (Lipinski definition) is 2. The lowest BCUT2D eigenvalue weighted by molar-refractivity contribution is -0.115. The van der Waals surface area contributed by atoms with Crippen molar-refractivity contribution in [1.82, 2.24) is 14.4 Å². The number of rotatable bonds is 7. The van der Waals surface area contributed by atoms with Crippen molar-refractivity contribution in [2.45, 2.75) is 45.1 Å². The number of nitrogens with zero attached hydrogens (tertiary/aromatic N) is 3. The molecule has 33 heavy (non-hydrogen) atoms. The average molecular weight is 442 g/mol. The van der Waals surface area contributed by atoms with Gasteiger partial charge in [0.2, 0.25) is 5.91 Å². The van der Waals surface area contributed by atoms with Crippen molar-refractivity contribution in [3.8, 4) is 17.0 Å². The van der Waals surface area contributed by atoms with Gasteiger partial charge >= 0.3 is 0 Å². The van der Waals surface area contributed by atoms with E-state index in [4.69, 9.17) is 15.5 Å². The van der Waals surface area contributed by atoms with E-state index in [1.807, 2.05) is 61.7 Å². The van der Waals surface area contributed by atoms with E-state index in [0.717, 1.165) is 52.4 Å². The number of nitrogen functional groups attached to an aromatic ring is 1. The van der Waals surface area contributed by atoms with Crippen molar-refractivity contribution < 1.29 is 9.53 Å². The molecule has 168 valence electrons. The van der Waals surface area contributed by atoms with Crippen LogP contribution in [0.1, 0.15) is 49.9 Å². The quantitative estimate of drug-likeness (QED) is 0.412. The van der Waals surface area contributed by atoms with Crippen LogP contribution in [0.2, 0.25) is 0 Å². The van der Waals surface area contributed by atoms with Gasteiger partial charge in [-0.15, -0.1) is 0 Å². The van der Waals surface area contributed by atoms with Crippen LogP contribution in [0.25, 0.3) is 16.8 Å². The molecule has 1 amide bonds. The summed E-state index contributed by atoms with van der Waals surface area (Å²) in [5.41, 5.74) is 10.5. The smallest absolute Gasteiger partial charge is 0.224 e. The molecule has 1 aliphatic rings. The summed E-state index contributed by atoms with van der Waals surface area (Å²) in [5, 5.41) is 2.93. The third-order valence-corrected chi connectivity index (χ3v) is 6.20. The maximum absolute atomic E-state index is 11.8. The summed E-state index contributed by atoms with van der Waals surface area (Å²) >= 11 is 0. The van der Waals surface area contributed by atoms with Crippen LogP contribution < -0.4 is 15.8 Å². The van der Waals surface area contributed by atoms with Crippen LogP contribution in [0.5, 0.6) is 5.75 Å². The summed E-state index contributed by atoms with van der Waals surface area (Å²) in [5.74, 6) is 2.68. The third-order valence-electron chi connectivity index (χ3n) is 6.20. The van der Waals surface area contributed by atoms with Crippen LogP contribution in [-0.2, 0) is 11.4 Å². The SMILES string of the molecule is CCC(=O)Nc1ccccc1COc1cccc(-c2nc(C3CCC3)n3ccnc(N)c23)c1. The Labute approximate surface area is 192 Å². The number of carbonyl (C=O) groups excluding carboxylic acids is 1. The lowest BCUT2D eigenvalue weighted by Crippen LogP contribution is -2.12. The Hall–Kier alpha value is -3.87. The molecule has 0 radical (unpaired) electrons. The van der Waals surface area contributed by atoms with Crippen LogP contribution in [0.15, 0.2) is 60.9 Å². The normalized spacial score (nSPS) is 13.6. The molecule has 4 aromatic rings. The molecule has 7 nitrogen and oxygen atoms in total. The highest BCUT2D eigenvalue weighted by Gasteiger charge is 2.26. The lowest BCUT2D eigenvalue weighted by atomic mass is 9.85. The Kier molecular flexibility index (Phi) is 5.69. The van der Waals surface area contributed by atoms with E-state index in [1.165, 1.54) is 6.42 Å². The van der Waals surface area contributed by atoms with E-state index >= 15 is 0 Å². The number of para-hydroxylation sites is 1. The molecule has 3 N–H and O–H groups in total. The van der Waals surface area contributed by atoms with Gasteiger partial charge < -0.3 is 15.8 Å². The van der Waals surface area contributed by atoms with Crippen molar-refractivity contribution in [3.63, 3.8) is 0 Å². The van der Waals surface area contributed by atoms with Gasteiger partial charge in [0.1, 0.15) is 35.2 Å². The van der Waals surface area contributed by atoms with Crippen LogP contribution in [0.3, 0.4) is 0 Å². The maximum Gasteiger partial charge on any atom is 0.224 e. The minimum absolute atomic E-state index is 0.0235. The zero-order valence-electron chi connectivity index (χ0n) is 18.6. The van der Waals surface area contributed by atoms with Crippen molar-refractivity contribution in [2.75, 3.05) is 11.1 Å². The molecule has 2 heterocycles. The van der Waals surface area contributed by atoms with Gasteiger partial charge in [-0.1, -0.05) is 43.7 Å². The molecular formula is C26H27N5O2. The monoisotopic (exact) mass is 441 g/mol. The second-order valence-corrected chi connectivity index (χ2v) is 8.35. The van der Waals surface area contributed by atoms with E-state index < -0.39 is 0 Å². The number of amides is 1. The van der Waals surface area contributed by atoms with Crippen molar-refractivity contribution in [2.24, 2.45) is 0 Å². The number of aromatic nitrogens is 3. The van der Waals surface area contributed by atoms with E-state index in [9.17, 15) is 4.79 Å². The Balaban J connectivity index is 1.43. The lowest BCUT2D eigenvalue weighted by Gasteiger charge is -2.23. The van der Waals surface area contributed by atoms with Crippen molar-refractivity contribution in [3.05, 3.63) is 72.3 Å². The van der Waals surface area contributed by atoms with Crippen LogP contribution in [0.4, 0.5) is 11.5 Å². The van der Waals surface area contributed by atoms with Gasteiger partial charge in [0.15, 0.2) is 0 Å². The fraction of sp³-hybridized carbons (Fsp3) is 0.269. The van der Waals surface area contributed by atoms with E-state index in [-0.39, 0.29) is 5.91 Å². The Bertz CT molecular complexity index is 1310. The fourth-order valence-corrected chi connectivity index (χ4v) is 4.14. The van der Waals surface area contributed by atoms with Crippen LogP contribution in [-0.4, -0.2) is 20.3 Å². The van der Waals surface area contributed by atoms with Crippen molar-refractivity contribution >= 4 is 22.9 Å². The molecular weight excluding hydrogens is 414 g/mol. The number of carbonyl (C=O) groups is 1. The first kappa shape index (κ1) is 21.0. The second kappa shape index (κ2) is 8.94. The Morgan fingerprint density at radius 1 is 1.21 bits per heavy atom. The molecule has 0 bridgehead atoms. The summed E-state index contributed by atoms with van der Waals surface area (Å²) in [6.45, 7) is 2.17. The minimum Gasteiger partial charge on any atom is -0.489 e. The van der Waals surface area contributed by atoms with Gasteiger partial charge in [-0.05, 0) is 31.0 Å². The largest absolute Gasteiger partial charge is 0.489 e. The Morgan fingerprint density at radius 2 is 2.06 bits per heavy atom. The molecule has 0 aliphatic heterocycles. The molecule has 2 aromatic heterocycles. The highest BCUT2D eigenvalue weighted by molar-refractivity contribution is 5.91. The first-order valence-corrected chi connectivity index (χ1v) is 11.4. The maximum atomic E-state index is 11.8. The summed E-state index contributed by atoms with van der Waals surface area (Å²) < 4.78 is 8.19. The van der Waals surface area contributed by atoms with Gasteiger partial charge in [0.05, 0.1) is 0 Å². The van der Waals surface area contributed by atoms with Crippen molar-refractivity contribution in [1.29, 1.82) is 0 Å². The van der Waals surface area contributed by atoms with E-state index in [0.29, 0.717) is 24.8 Å². The minimum atomic E-state index is -0.0235. The molecule has 1 fully saturated rings. The number of anilines is 2. The van der Waals surface area contributed by atoms with Gasteiger partial charge in [-0.25, -0.2) is 9.97 Å². The summed E-state index contributed by atoms with van der Waals surface area (Å²) in [6, 6.07) is 15.5. The average Bonchev–Trinajstić information content (AvgIpc) is 3.18. The number of hydrogen-bond acceptors (Lipinski definition) is 5. The predicted molar refractivity (Wildman–Crippen MR) is 129 cm³/mol. The summed E-state index contributed by atoms with van der Waals surface area (Å²) in [7, 11) is 0. The van der Waals surface area contributed by atoms with Gasteiger partial charge in [0.25, 0.3) is 0 Å². The molecule has 1 aliphatic carbocycles. The number of imidazole rings is 1. The molecule has 5 rings (SSSR count).